The second-order valence-electron chi connectivity index (χ2n) is 6.75. The Labute approximate surface area is 152 Å². The Kier molecular flexibility index (Phi) is 4.67. The summed E-state index contributed by atoms with van der Waals surface area (Å²) in [7, 11) is 0. The van der Waals surface area contributed by atoms with Crippen molar-refractivity contribution < 1.29 is 4.79 Å². The fourth-order valence-electron chi connectivity index (χ4n) is 3.44. The predicted molar refractivity (Wildman–Crippen MR) is 101 cm³/mol. The van der Waals surface area contributed by atoms with Gasteiger partial charge in [-0.3, -0.25) is 4.79 Å². The van der Waals surface area contributed by atoms with Crippen LogP contribution in [0.4, 0.5) is 0 Å². The van der Waals surface area contributed by atoms with Gasteiger partial charge in [0.05, 0.1) is 5.69 Å². The second kappa shape index (κ2) is 7.25. The molecule has 3 heterocycles. The average Bonchev–Trinajstić information content (AvgIpc) is 3.31. The van der Waals surface area contributed by atoms with Gasteiger partial charge >= 0.3 is 0 Å². The maximum Gasteiger partial charge on any atom is 0.270 e. The van der Waals surface area contributed by atoms with Gasteiger partial charge in [-0.25, -0.2) is 9.50 Å². The summed E-state index contributed by atoms with van der Waals surface area (Å²) in [6, 6.07) is 13.6. The van der Waals surface area contributed by atoms with Crippen molar-refractivity contribution in [3.8, 4) is 11.3 Å². The van der Waals surface area contributed by atoms with Crippen LogP contribution in [0.3, 0.4) is 0 Å². The van der Waals surface area contributed by atoms with Gasteiger partial charge in [0.1, 0.15) is 5.69 Å². The van der Waals surface area contributed by atoms with Crippen molar-refractivity contribution in [3.63, 3.8) is 0 Å². The van der Waals surface area contributed by atoms with Crippen molar-refractivity contribution in [1.82, 2.24) is 24.8 Å². The molecule has 1 aliphatic rings. The van der Waals surface area contributed by atoms with Crippen molar-refractivity contribution in [3.05, 3.63) is 53.9 Å². The number of nitrogens with one attached hydrogen (secondary N) is 1. The molecule has 0 unspecified atom stereocenters. The number of likely N-dealkylation sites (tertiary alicyclic amines) is 1. The number of carbonyl (C=O) groups excluding carboxylic acids is 1. The van der Waals surface area contributed by atoms with Crippen LogP contribution in [0, 0.1) is 6.92 Å². The third-order valence-corrected chi connectivity index (χ3v) is 4.77. The van der Waals surface area contributed by atoms with E-state index in [0.717, 1.165) is 36.6 Å². The lowest BCUT2D eigenvalue weighted by Gasteiger charge is -2.15. The van der Waals surface area contributed by atoms with Crippen LogP contribution in [0.1, 0.15) is 29.0 Å². The number of hydrogen-bond acceptors (Lipinski definition) is 4. The minimum Gasteiger partial charge on any atom is -0.349 e. The van der Waals surface area contributed by atoms with Crippen molar-refractivity contribution in [2.24, 2.45) is 0 Å². The van der Waals surface area contributed by atoms with Gasteiger partial charge in [0.2, 0.25) is 0 Å². The highest BCUT2D eigenvalue weighted by molar-refractivity contribution is 5.93. The van der Waals surface area contributed by atoms with Crippen molar-refractivity contribution in [2.75, 3.05) is 26.2 Å². The van der Waals surface area contributed by atoms with Gasteiger partial charge in [0.25, 0.3) is 5.91 Å². The number of rotatable bonds is 5. The van der Waals surface area contributed by atoms with Crippen LogP contribution in [0.15, 0.2) is 42.5 Å². The maximum atomic E-state index is 12.7. The quantitative estimate of drug-likeness (QED) is 0.769. The van der Waals surface area contributed by atoms with E-state index in [0.29, 0.717) is 17.9 Å². The van der Waals surface area contributed by atoms with Crippen molar-refractivity contribution in [1.29, 1.82) is 0 Å². The summed E-state index contributed by atoms with van der Waals surface area (Å²) in [5, 5.41) is 7.64. The van der Waals surface area contributed by atoms with E-state index >= 15 is 0 Å². The topological polar surface area (TPSA) is 62.5 Å². The SMILES string of the molecule is Cc1cc(C(=O)NCCN2CCCC2)n2nc(-c3ccccc3)cc2n1. The van der Waals surface area contributed by atoms with E-state index in [4.69, 9.17) is 0 Å². The van der Waals surface area contributed by atoms with Gasteiger partial charge in [0.15, 0.2) is 5.65 Å². The molecule has 1 aliphatic heterocycles. The molecular weight excluding hydrogens is 326 g/mol. The molecule has 1 amide bonds. The van der Waals surface area contributed by atoms with E-state index in [9.17, 15) is 4.79 Å². The van der Waals surface area contributed by atoms with Gasteiger partial charge < -0.3 is 10.2 Å². The number of hydrogen-bond donors (Lipinski definition) is 1. The summed E-state index contributed by atoms with van der Waals surface area (Å²) in [5.74, 6) is -0.109. The summed E-state index contributed by atoms with van der Waals surface area (Å²) in [6.45, 7) is 5.71. The summed E-state index contributed by atoms with van der Waals surface area (Å²) < 4.78 is 1.64. The van der Waals surface area contributed by atoms with Gasteiger partial charge in [-0.2, -0.15) is 5.10 Å². The van der Waals surface area contributed by atoms with Crippen LogP contribution in [0.5, 0.6) is 0 Å². The number of nitrogens with zero attached hydrogens (tertiary/aromatic N) is 4. The third-order valence-electron chi connectivity index (χ3n) is 4.77. The number of benzene rings is 1. The molecule has 6 heteroatoms. The molecule has 1 aromatic carbocycles. The van der Waals surface area contributed by atoms with E-state index in [1.807, 2.05) is 43.3 Å². The van der Waals surface area contributed by atoms with Crippen molar-refractivity contribution in [2.45, 2.75) is 19.8 Å². The lowest BCUT2D eigenvalue weighted by molar-refractivity contribution is 0.0942. The molecular formula is C20H23N5O. The summed E-state index contributed by atoms with van der Waals surface area (Å²) in [6.07, 6.45) is 2.52. The van der Waals surface area contributed by atoms with Crippen molar-refractivity contribution >= 4 is 11.6 Å². The highest BCUT2D eigenvalue weighted by Gasteiger charge is 2.16. The summed E-state index contributed by atoms with van der Waals surface area (Å²) >= 11 is 0. The van der Waals surface area contributed by atoms with Crippen LogP contribution in [0.2, 0.25) is 0 Å². The molecule has 1 N–H and O–H groups in total. The Balaban J connectivity index is 1.57. The fourth-order valence-corrected chi connectivity index (χ4v) is 3.44. The lowest BCUT2D eigenvalue weighted by atomic mass is 10.2. The van der Waals surface area contributed by atoms with Crippen LogP contribution in [-0.4, -0.2) is 51.6 Å². The molecule has 0 radical (unpaired) electrons. The first kappa shape index (κ1) is 16.7. The third kappa shape index (κ3) is 3.46. The minimum atomic E-state index is -0.109. The molecule has 2 aromatic heterocycles. The summed E-state index contributed by atoms with van der Waals surface area (Å²) in [4.78, 5) is 19.6. The molecule has 0 aliphatic carbocycles. The normalized spacial score (nSPS) is 14.8. The van der Waals surface area contributed by atoms with Crippen LogP contribution in [0.25, 0.3) is 16.9 Å². The molecule has 0 atom stereocenters. The molecule has 0 spiro atoms. The van der Waals surface area contributed by atoms with E-state index in [-0.39, 0.29) is 5.91 Å². The Morgan fingerprint density at radius 3 is 2.69 bits per heavy atom. The van der Waals surface area contributed by atoms with E-state index in [1.165, 1.54) is 12.8 Å². The highest BCUT2D eigenvalue weighted by atomic mass is 16.2. The number of carbonyl (C=O) groups is 1. The summed E-state index contributed by atoms with van der Waals surface area (Å²) in [5.41, 5.74) is 3.84. The molecule has 0 saturated carbocycles. The first-order chi connectivity index (χ1) is 12.7. The largest absolute Gasteiger partial charge is 0.349 e. The van der Waals surface area contributed by atoms with E-state index in [2.05, 4.69) is 20.3 Å². The number of amides is 1. The first-order valence-corrected chi connectivity index (χ1v) is 9.14. The number of aryl methyl sites for hydroxylation is 1. The predicted octanol–water partition coefficient (Wildman–Crippen LogP) is 2.53. The Morgan fingerprint density at radius 2 is 1.92 bits per heavy atom. The Bertz CT molecular complexity index is 913. The average molecular weight is 349 g/mol. The monoisotopic (exact) mass is 349 g/mol. The Hall–Kier alpha value is -2.73. The minimum absolute atomic E-state index is 0.109. The zero-order valence-electron chi connectivity index (χ0n) is 15.0. The van der Waals surface area contributed by atoms with Gasteiger partial charge in [-0.05, 0) is 38.9 Å². The number of fused-ring (bicyclic) bond motifs is 1. The molecule has 4 rings (SSSR count). The lowest BCUT2D eigenvalue weighted by Crippen LogP contribution is -2.34. The van der Waals surface area contributed by atoms with Gasteiger partial charge in [-0.15, -0.1) is 0 Å². The van der Waals surface area contributed by atoms with E-state index in [1.54, 1.807) is 10.6 Å². The zero-order valence-corrected chi connectivity index (χ0v) is 15.0. The standard InChI is InChI=1S/C20H23N5O/c1-15-13-18(20(26)21-9-12-24-10-5-6-11-24)25-19(22-15)14-17(23-25)16-7-3-2-4-8-16/h2-4,7-8,13-14H,5-6,9-12H2,1H3,(H,21,26). The molecule has 26 heavy (non-hydrogen) atoms. The zero-order chi connectivity index (χ0) is 17.9. The number of aromatic nitrogens is 3. The van der Waals surface area contributed by atoms with Crippen LogP contribution < -0.4 is 5.32 Å². The molecule has 1 fully saturated rings. The molecule has 134 valence electrons. The molecule has 6 nitrogen and oxygen atoms in total. The van der Waals surface area contributed by atoms with Gasteiger partial charge in [-0.1, -0.05) is 30.3 Å². The van der Waals surface area contributed by atoms with Gasteiger partial charge in [0, 0.05) is 30.4 Å². The fraction of sp³-hybridized carbons (Fsp3) is 0.350. The highest BCUT2D eigenvalue weighted by Crippen LogP contribution is 2.20. The molecule has 1 saturated heterocycles. The Morgan fingerprint density at radius 1 is 1.15 bits per heavy atom. The van der Waals surface area contributed by atoms with Crippen LogP contribution >= 0.6 is 0 Å². The first-order valence-electron chi connectivity index (χ1n) is 9.14. The smallest absolute Gasteiger partial charge is 0.270 e. The van der Waals surface area contributed by atoms with Crippen LogP contribution in [-0.2, 0) is 0 Å². The molecule has 3 aromatic rings. The van der Waals surface area contributed by atoms with E-state index < -0.39 is 0 Å². The second-order valence-corrected chi connectivity index (χ2v) is 6.75. The molecule has 0 bridgehead atoms. The maximum absolute atomic E-state index is 12.7.